The van der Waals surface area contributed by atoms with E-state index in [0.29, 0.717) is 48.3 Å². The summed E-state index contributed by atoms with van der Waals surface area (Å²) in [7, 11) is 1.81. The summed E-state index contributed by atoms with van der Waals surface area (Å²) in [5.74, 6) is 1.09. The van der Waals surface area contributed by atoms with Gasteiger partial charge in [-0.15, -0.1) is 0 Å². The van der Waals surface area contributed by atoms with E-state index < -0.39 is 5.60 Å². The van der Waals surface area contributed by atoms with Gasteiger partial charge >= 0.3 is 0 Å². The van der Waals surface area contributed by atoms with Crippen molar-refractivity contribution in [2.24, 2.45) is 13.0 Å². The normalized spacial score (nSPS) is 20.0. The molecular weight excluding hydrogens is 390 g/mol. The fourth-order valence-electron chi connectivity index (χ4n) is 3.71. The second-order valence-corrected chi connectivity index (χ2v) is 8.80. The van der Waals surface area contributed by atoms with Crippen molar-refractivity contribution in [1.29, 1.82) is 0 Å². The van der Waals surface area contributed by atoms with Crippen LogP contribution in [-0.4, -0.2) is 51.0 Å². The smallest absolute Gasteiger partial charge is 0.272 e. The molecule has 0 saturated carbocycles. The third kappa shape index (κ3) is 5.73. The molecule has 1 amide bonds. The van der Waals surface area contributed by atoms with E-state index in [1.54, 1.807) is 16.8 Å². The molecule has 3 rings (SSSR count). The molecule has 1 aliphatic heterocycles. The number of ether oxygens (including phenoxy) is 1. The van der Waals surface area contributed by atoms with Crippen molar-refractivity contribution >= 4 is 17.5 Å². The first-order valence-corrected chi connectivity index (χ1v) is 10.6. The molecule has 0 aliphatic carbocycles. The number of halogens is 1. The number of carbonyl (C=O) groups excluding carboxylic acids is 1. The van der Waals surface area contributed by atoms with Crippen molar-refractivity contribution in [3.05, 3.63) is 46.7 Å². The molecule has 1 unspecified atom stereocenters. The van der Waals surface area contributed by atoms with Gasteiger partial charge in [-0.05, 0) is 55.9 Å². The van der Waals surface area contributed by atoms with Crippen molar-refractivity contribution < 1.29 is 14.6 Å². The third-order valence-corrected chi connectivity index (χ3v) is 5.51. The van der Waals surface area contributed by atoms with Crippen LogP contribution in [0.1, 0.15) is 49.3 Å². The Bertz CT molecular complexity index is 852. The number of benzene rings is 1. The zero-order valence-corrected chi connectivity index (χ0v) is 18.2. The van der Waals surface area contributed by atoms with Gasteiger partial charge in [-0.25, -0.2) is 0 Å². The molecular formula is C22H30ClN3O3. The number of likely N-dealkylation sites (tertiary alicyclic amines) is 1. The highest BCUT2D eigenvalue weighted by atomic mass is 35.5. The molecule has 7 heteroatoms. The molecule has 0 radical (unpaired) electrons. The summed E-state index contributed by atoms with van der Waals surface area (Å²) in [6, 6.07) is 9.04. The first-order valence-electron chi connectivity index (χ1n) is 10.2. The van der Waals surface area contributed by atoms with Crippen LogP contribution in [0.2, 0.25) is 5.02 Å². The summed E-state index contributed by atoms with van der Waals surface area (Å²) in [5, 5.41) is 16.1. The van der Waals surface area contributed by atoms with Crippen LogP contribution in [0.4, 0.5) is 0 Å². The van der Waals surface area contributed by atoms with Gasteiger partial charge in [0.05, 0.1) is 5.69 Å². The Balaban J connectivity index is 1.61. The van der Waals surface area contributed by atoms with Crippen molar-refractivity contribution in [2.75, 3.05) is 19.7 Å². The topological polar surface area (TPSA) is 67.6 Å². The van der Waals surface area contributed by atoms with Crippen LogP contribution in [0.5, 0.6) is 5.75 Å². The van der Waals surface area contributed by atoms with Gasteiger partial charge in [0.2, 0.25) is 0 Å². The summed E-state index contributed by atoms with van der Waals surface area (Å²) < 4.78 is 7.44. The van der Waals surface area contributed by atoms with Gasteiger partial charge in [0.1, 0.15) is 23.7 Å². The summed E-state index contributed by atoms with van der Waals surface area (Å²) in [6.45, 7) is 5.55. The lowest BCUT2D eigenvalue weighted by atomic mass is 9.96. The number of carbonyl (C=O) groups is 1. The van der Waals surface area contributed by atoms with Gasteiger partial charge in [-0.1, -0.05) is 31.5 Å². The number of hydrogen-bond donors (Lipinski definition) is 1. The molecule has 1 aromatic heterocycles. The predicted octanol–water partition coefficient (Wildman–Crippen LogP) is 3.71. The van der Waals surface area contributed by atoms with Crippen LogP contribution in [0.15, 0.2) is 30.3 Å². The standard InChI is InChI=1S/C22H30ClN3O3/c1-16(2)12-18-14-20(25(3)24-18)21(27)26-10-5-8-22(28,9-11-26)15-29-19-7-4-6-17(23)13-19/h4,6-7,13-14,16,28H,5,8-12,15H2,1-3H3. The molecule has 1 fully saturated rings. The quantitative estimate of drug-likeness (QED) is 0.775. The van der Waals surface area contributed by atoms with Crippen LogP contribution in [0.25, 0.3) is 0 Å². The summed E-state index contributed by atoms with van der Waals surface area (Å²) >= 11 is 5.99. The predicted molar refractivity (Wildman–Crippen MR) is 113 cm³/mol. The number of rotatable bonds is 6. The number of aryl methyl sites for hydroxylation is 1. The molecule has 1 atom stereocenters. The van der Waals surface area contributed by atoms with Crippen LogP contribution >= 0.6 is 11.6 Å². The molecule has 0 spiro atoms. The molecule has 6 nitrogen and oxygen atoms in total. The number of nitrogens with zero attached hydrogens (tertiary/aromatic N) is 3. The highest BCUT2D eigenvalue weighted by molar-refractivity contribution is 6.30. The average Bonchev–Trinajstić information content (AvgIpc) is 2.89. The first-order chi connectivity index (χ1) is 13.8. The van der Waals surface area contributed by atoms with Crippen molar-refractivity contribution in [1.82, 2.24) is 14.7 Å². The molecule has 1 saturated heterocycles. The molecule has 1 N–H and O–H groups in total. The lowest BCUT2D eigenvalue weighted by molar-refractivity contribution is -0.0163. The number of aromatic nitrogens is 2. The molecule has 0 bridgehead atoms. The minimum atomic E-state index is -0.966. The van der Waals surface area contributed by atoms with E-state index in [0.717, 1.165) is 18.5 Å². The molecule has 2 aromatic rings. The molecule has 1 aliphatic rings. The third-order valence-electron chi connectivity index (χ3n) is 5.27. The van der Waals surface area contributed by atoms with Crippen LogP contribution < -0.4 is 4.74 Å². The minimum absolute atomic E-state index is 0.0324. The highest BCUT2D eigenvalue weighted by Crippen LogP contribution is 2.26. The van der Waals surface area contributed by atoms with Crippen LogP contribution in [0.3, 0.4) is 0 Å². The summed E-state index contributed by atoms with van der Waals surface area (Å²) in [6.07, 6.45) is 2.62. The largest absolute Gasteiger partial charge is 0.491 e. The lowest BCUT2D eigenvalue weighted by Crippen LogP contribution is -2.38. The summed E-state index contributed by atoms with van der Waals surface area (Å²) in [5.41, 5.74) is 0.570. The monoisotopic (exact) mass is 419 g/mol. The van der Waals surface area contributed by atoms with Gasteiger partial charge in [0.15, 0.2) is 0 Å². The molecule has 1 aromatic carbocycles. The maximum Gasteiger partial charge on any atom is 0.272 e. The Labute approximate surface area is 177 Å². The zero-order chi connectivity index (χ0) is 21.0. The first kappa shape index (κ1) is 21.7. The van der Waals surface area contributed by atoms with Gasteiger partial charge in [0.25, 0.3) is 5.91 Å². The minimum Gasteiger partial charge on any atom is -0.491 e. The van der Waals surface area contributed by atoms with Gasteiger partial charge in [-0.2, -0.15) is 5.10 Å². The Morgan fingerprint density at radius 1 is 1.31 bits per heavy atom. The van der Waals surface area contributed by atoms with E-state index in [2.05, 4.69) is 18.9 Å². The maximum absolute atomic E-state index is 13.0. The SMILES string of the molecule is CC(C)Cc1cc(C(=O)N2CCCC(O)(COc3cccc(Cl)c3)CC2)n(C)n1. The molecule has 2 heterocycles. The number of hydrogen-bond acceptors (Lipinski definition) is 4. The Hall–Kier alpha value is -2.05. The van der Waals surface area contributed by atoms with E-state index in [1.807, 2.05) is 30.1 Å². The lowest BCUT2D eigenvalue weighted by Gasteiger charge is -2.27. The Kier molecular flexibility index (Phi) is 6.85. The van der Waals surface area contributed by atoms with Crippen LogP contribution in [0, 0.1) is 5.92 Å². The zero-order valence-electron chi connectivity index (χ0n) is 17.4. The number of aliphatic hydroxyl groups is 1. The van der Waals surface area contributed by atoms with E-state index in [9.17, 15) is 9.90 Å². The fourth-order valence-corrected chi connectivity index (χ4v) is 3.89. The van der Waals surface area contributed by atoms with Gasteiger partial charge < -0.3 is 14.7 Å². The van der Waals surface area contributed by atoms with E-state index in [1.165, 1.54) is 0 Å². The van der Waals surface area contributed by atoms with E-state index >= 15 is 0 Å². The molecule has 29 heavy (non-hydrogen) atoms. The van der Waals surface area contributed by atoms with Gasteiger partial charge in [0, 0.05) is 25.2 Å². The maximum atomic E-state index is 13.0. The highest BCUT2D eigenvalue weighted by Gasteiger charge is 2.33. The Morgan fingerprint density at radius 2 is 2.10 bits per heavy atom. The van der Waals surface area contributed by atoms with Crippen molar-refractivity contribution in [3.63, 3.8) is 0 Å². The van der Waals surface area contributed by atoms with Crippen LogP contribution in [-0.2, 0) is 13.5 Å². The Morgan fingerprint density at radius 3 is 2.83 bits per heavy atom. The number of amides is 1. The summed E-state index contributed by atoms with van der Waals surface area (Å²) in [4.78, 5) is 14.9. The fraction of sp³-hybridized carbons (Fsp3) is 0.545. The van der Waals surface area contributed by atoms with Gasteiger partial charge in [-0.3, -0.25) is 9.48 Å². The second kappa shape index (κ2) is 9.18. The van der Waals surface area contributed by atoms with E-state index in [4.69, 9.17) is 16.3 Å². The van der Waals surface area contributed by atoms with Crippen molar-refractivity contribution in [2.45, 2.75) is 45.1 Å². The average molecular weight is 420 g/mol. The molecule has 158 valence electrons. The second-order valence-electron chi connectivity index (χ2n) is 8.36. The van der Waals surface area contributed by atoms with Crippen molar-refractivity contribution in [3.8, 4) is 5.75 Å². The van der Waals surface area contributed by atoms with E-state index in [-0.39, 0.29) is 12.5 Å².